The highest BCUT2D eigenvalue weighted by Crippen LogP contribution is 2.41. The molecule has 2 heterocycles. The second kappa shape index (κ2) is 7.62. The Balaban J connectivity index is 1.79. The number of nitrogens with zero attached hydrogens (tertiary/aromatic N) is 1. The zero-order chi connectivity index (χ0) is 22.6. The normalized spacial score (nSPS) is 15.3. The molecule has 0 N–H and O–H groups in total. The van der Waals surface area contributed by atoms with Gasteiger partial charge in [0.15, 0.2) is 11.2 Å². The molecule has 4 aromatic rings. The third-order valence-electron chi connectivity index (χ3n) is 5.55. The van der Waals surface area contributed by atoms with Gasteiger partial charge in [0.2, 0.25) is 5.76 Å². The van der Waals surface area contributed by atoms with Gasteiger partial charge in [-0.15, -0.1) is 0 Å². The van der Waals surface area contributed by atoms with E-state index in [1.165, 1.54) is 17.9 Å². The number of amides is 1. The van der Waals surface area contributed by atoms with Crippen LogP contribution in [-0.2, 0) is 0 Å². The summed E-state index contributed by atoms with van der Waals surface area (Å²) in [6.07, 6.45) is 0. The van der Waals surface area contributed by atoms with Crippen LogP contribution < -0.4 is 10.3 Å². The summed E-state index contributed by atoms with van der Waals surface area (Å²) in [5.74, 6) is -0.557. The number of ketones is 1. The Labute approximate surface area is 192 Å². The van der Waals surface area contributed by atoms with Crippen LogP contribution in [0.3, 0.4) is 0 Å². The Morgan fingerprint density at radius 2 is 1.66 bits per heavy atom. The molecule has 158 valence electrons. The SMILES string of the molecule is CC(=O)c1ccc(N2C(=O)c3oc4ccc(Cl)cc4c(=O)c3C2c2cccc(Cl)c2)cc1. The summed E-state index contributed by atoms with van der Waals surface area (Å²) >= 11 is 12.3. The van der Waals surface area contributed by atoms with Gasteiger partial charge in [0, 0.05) is 21.3 Å². The third-order valence-corrected chi connectivity index (χ3v) is 6.02. The Hall–Kier alpha value is -3.41. The molecule has 5 nitrogen and oxygen atoms in total. The van der Waals surface area contributed by atoms with Crippen molar-refractivity contribution in [2.75, 3.05) is 4.90 Å². The van der Waals surface area contributed by atoms with Crippen LogP contribution in [0.15, 0.2) is 75.9 Å². The van der Waals surface area contributed by atoms with Gasteiger partial charge in [0.1, 0.15) is 5.58 Å². The number of Topliss-reactive ketones (excluding diaryl/α,β-unsaturated/α-hetero) is 1. The number of hydrogen-bond acceptors (Lipinski definition) is 4. The van der Waals surface area contributed by atoms with Crippen molar-refractivity contribution in [2.24, 2.45) is 0 Å². The Morgan fingerprint density at radius 1 is 0.938 bits per heavy atom. The van der Waals surface area contributed by atoms with Gasteiger partial charge in [0.05, 0.1) is 17.0 Å². The minimum atomic E-state index is -0.751. The average molecular weight is 464 g/mol. The summed E-state index contributed by atoms with van der Waals surface area (Å²) in [5, 5.41) is 1.17. The van der Waals surface area contributed by atoms with Crippen molar-refractivity contribution in [3.63, 3.8) is 0 Å². The first kappa shape index (κ1) is 20.5. The largest absolute Gasteiger partial charge is 0.450 e. The topological polar surface area (TPSA) is 67.6 Å². The minimum Gasteiger partial charge on any atom is -0.450 e. The molecule has 0 spiro atoms. The second-order valence-corrected chi connectivity index (χ2v) is 8.42. The van der Waals surface area contributed by atoms with E-state index in [4.69, 9.17) is 27.6 Å². The number of carbonyl (C=O) groups is 2. The Kier molecular flexibility index (Phi) is 4.88. The van der Waals surface area contributed by atoms with Gasteiger partial charge in [-0.1, -0.05) is 35.3 Å². The van der Waals surface area contributed by atoms with Crippen LogP contribution in [-0.4, -0.2) is 11.7 Å². The van der Waals surface area contributed by atoms with E-state index in [1.54, 1.807) is 60.7 Å². The van der Waals surface area contributed by atoms with E-state index in [-0.39, 0.29) is 28.1 Å². The fourth-order valence-corrected chi connectivity index (χ4v) is 4.43. The molecule has 0 saturated carbocycles. The third kappa shape index (κ3) is 3.22. The monoisotopic (exact) mass is 463 g/mol. The molecule has 1 amide bonds. The molecule has 7 heteroatoms. The average Bonchev–Trinajstić information content (AvgIpc) is 3.07. The maximum absolute atomic E-state index is 13.5. The van der Waals surface area contributed by atoms with Gasteiger partial charge in [-0.05, 0) is 67.1 Å². The summed E-state index contributed by atoms with van der Waals surface area (Å²) in [7, 11) is 0. The number of benzene rings is 3. The molecule has 3 aromatic carbocycles. The van der Waals surface area contributed by atoms with Crippen LogP contribution in [0.1, 0.15) is 45.0 Å². The smallest absolute Gasteiger partial charge is 0.295 e. The lowest BCUT2D eigenvalue weighted by atomic mass is 9.98. The zero-order valence-electron chi connectivity index (χ0n) is 16.8. The first-order valence-corrected chi connectivity index (χ1v) is 10.6. The van der Waals surface area contributed by atoms with E-state index in [0.29, 0.717) is 32.2 Å². The molecular formula is C25H15Cl2NO4. The van der Waals surface area contributed by atoms with Gasteiger partial charge >= 0.3 is 0 Å². The molecule has 0 saturated heterocycles. The molecule has 1 aliphatic heterocycles. The Morgan fingerprint density at radius 3 is 2.34 bits per heavy atom. The molecule has 0 bridgehead atoms. The molecular weight excluding hydrogens is 449 g/mol. The van der Waals surface area contributed by atoms with E-state index >= 15 is 0 Å². The van der Waals surface area contributed by atoms with Crippen LogP contribution in [0.2, 0.25) is 10.0 Å². The number of fused-ring (bicyclic) bond motifs is 2. The summed E-state index contributed by atoms with van der Waals surface area (Å²) < 4.78 is 5.91. The van der Waals surface area contributed by atoms with E-state index in [1.807, 2.05) is 0 Å². The van der Waals surface area contributed by atoms with Gasteiger partial charge in [0.25, 0.3) is 5.91 Å². The number of anilines is 1. The first-order valence-electron chi connectivity index (χ1n) is 9.81. The fourth-order valence-electron chi connectivity index (χ4n) is 4.06. The molecule has 32 heavy (non-hydrogen) atoms. The van der Waals surface area contributed by atoms with Gasteiger partial charge in [-0.2, -0.15) is 0 Å². The summed E-state index contributed by atoms with van der Waals surface area (Å²) in [5.41, 5.74) is 1.89. The maximum atomic E-state index is 13.5. The van der Waals surface area contributed by atoms with Gasteiger partial charge in [-0.25, -0.2) is 0 Å². The lowest BCUT2D eigenvalue weighted by molar-refractivity contribution is 0.0970. The molecule has 1 aliphatic rings. The van der Waals surface area contributed by atoms with Crippen LogP contribution in [0.4, 0.5) is 5.69 Å². The van der Waals surface area contributed by atoms with Crippen molar-refractivity contribution in [3.05, 3.63) is 109 Å². The highest BCUT2D eigenvalue weighted by atomic mass is 35.5. The predicted molar refractivity (Wildman–Crippen MR) is 124 cm³/mol. The molecule has 1 unspecified atom stereocenters. The molecule has 5 rings (SSSR count). The fraction of sp³-hybridized carbons (Fsp3) is 0.0800. The molecule has 0 radical (unpaired) electrons. The van der Waals surface area contributed by atoms with Crippen molar-refractivity contribution in [2.45, 2.75) is 13.0 Å². The van der Waals surface area contributed by atoms with Crippen molar-refractivity contribution in [1.29, 1.82) is 0 Å². The Bertz CT molecular complexity index is 1470. The van der Waals surface area contributed by atoms with E-state index in [0.717, 1.165) is 0 Å². The van der Waals surface area contributed by atoms with Crippen molar-refractivity contribution in [3.8, 4) is 0 Å². The minimum absolute atomic E-state index is 0.0227. The highest BCUT2D eigenvalue weighted by Gasteiger charge is 2.43. The van der Waals surface area contributed by atoms with Gasteiger partial charge < -0.3 is 4.42 Å². The zero-order valence-corrected chi connectivity index (χ0v) is 18.3. The van der Waals surface area contributed by atoms with Crippen molar-refractivity contribution in [1.82, 2.24) is 0 Å². The molecule has 1 atom stereocenters. The summed E-state index contributed by atoms with van der Waals surface area (Å²) in [4.78, 5) is 40.2. The van der Waals surface area contributed by atoms with Crippen LogP contribution in [0, 0.1) is 0 Å². The second-order valence-electron chi connectivity index (χ2n) is 7.55. The van der Waals surface area contributed by atoms with E-state index < -0.39 is 11.9 Å². The number of carbonyl (C=O) groups excluding carboxylic acids is 2. The van der Waals surface area contributed by atoms with Crippen molar-refractivity contribution < 1.29 is 14.0 Å². The van der Waals surface area contributed by atoms with E-state index in [2.05, 4.69) is 0 Å². The molecule has 0 aliphatic carbocycles. The summed E-state index contributed by atoms with van der Waals surface area (Å²) in [6.45, 7) is 1.47. The first-order chi connectivity index (χ1) is 15.3. The van der Waals surface area contributed by atoms with Crippen LogP contribution in [0.5, 0.6) is 0 Å². The van der Waals surface area contributed by atoms with Crippen LogP contribution in [0.25, 0.3) is 11.0 Å². The van der Waals surface area contributed by atoms with E-state index in [9.17, 15) is 14.4 Å². The van der Waals surface area contributed by atoms with Crippen molar-refractivity contribution >= 4 is 51.5 Å². The maximum Gasteiger partial charge on any atom is 0.295 e. The van der Waals surface area contributed by atoms with Crippen LogP contribution >= 0.6 is 23.2 Å². The number of halogens is 2. The lowest BCUT2D eigenvalue weighted by Crippen LogP contribution is -2.29. The predicted octanol–water partition coefficient (Wildman–Crippen LogP) is 6.05. The molecule has 0 fully saturated rings. The summed E-state index contributed by atoms with van der Waals surface area (Å²) in [6, 6.07) is 17.6. The molecule has 1 aromatic heterocycles. The van der Waals surface area contributed by atoms with Gasteiger partial charge in [-0.3, -0.25) is 19.3 Å². The lowest BCUT2D eigenvalue weighted by Gasteiger charge is -2.25. The number of hydrogen-bond donors (Lipinski definition) is 0. The standard InChI is InChI=1S/C25H15Cl2NO4/c1-13(29)14-5-8-18(9-6-14)28-22(15-3-2-4-16(26)11-15)21-23(30)19-12-17(27)7-10-20(19)32-24(21)25(28)31/h2-12,22H,1H3. The highest BCUT2D eigenvalue weighted by molar-refractivity contribution is 6.31. The number of rotatable bonds is 3. The quantitative estimate of drug-likeness (QED) is 0.346.